The fraction of sp³-hybridized carbons (Fsp3) is 0.273. The summed E-state index contributed by atoms with van der Waals surface area (Å²) in [5.74, 6) is 0.0337. The van der Waals surface area contributed by atoms with E-state index in [0.717, 1.165) is 17.3 Å². The Bertz CT molecular complexity index is 905. The van der Waals surface area contributed by atoms with E-state index in [-0.39, 0.29) is 11.2 Å². The van der Waals surface area contributed by atoms with Crippen molar-refractivity contribution in [1.82, 2.24) is 14.9 Å². The standard InChI is InChI=1S/C22H25N3OS/c1-16-8-7-11-20(17(16)2)25-15-14-24-22(25)27-18(3)21(26)23-13-12-19-9-5-4-6-10-19/h4-11,14-15,18H,12-13H2,1-3H3,(H,23,26). The normalized spacial score (nSPS) is 12.0. The molecule has 0 saturated heterocycles. The largest absolute Gasteiger partial charge is 0.355 e. The fourth-order valence-corrected chi connectivity index (χ4v) is 3.79. The Hall–Kier alpha value is -2.53. The van der Waals surface area contributed by atoms with Crippen LogP contribution >= 0.6 is 11.8 Å². The predicted molar refractivity (Wildman–Crippen MR) is 112 cm³/mol. The van der Waals surface area contributed by atoms with Gasteiger partial charge in [0.2, 0.25) is 5.91 Å². The van der Waals surface area contributed by atoms with E-state index < -0.39 is 0 Å². The number of imidazole rings is 1. The van der Waals surface area contributed by atoms with Gasteiger partial charge in [0.25, 0.3) is 0 Å². The molecule has 1 N–H and O–H groups in total. The molecule has 0 bridgehead atoms. The zero-order valence-corrected chi connectivity index (χ0v) is 16.8. The van der Waals surface area contributed by atoms with E-state index in [1.165, 1.54) is 28.5 Å². The first-order valence-electron chi connectivity index (χ1n) is 9.14. The van der Waals surface area contributed by atoms with Gasteiger partial charge in [0, 0.05) is 18.9 Å². The first kappa shape index (κ1) is 19.2. The molecule has 3 aromatic rings. The minimum absolute atomic E-state index is 0.0337. The van der Waals surface area contributed by atoms with Gasteiger partial charge in [-0.15, -0.1) is 0 Å². The van der Waals surface area contributed by atoms with Gasteiger partial charge in [0.1, 0.15) is 0 Å². The molecule has 0 radical (unpaired) electrons. The molecule has 0 fully saturated rings. The molecule has 5 heteroatoms. The van der Waals surface area contributed by atoms with Gasteiger partial charge in [0.05, 0.1) is 10.9 Å². The molecule has 1 atom stereocenters. The number of benzene rings is 2. The lowest BCUT2D eigenvalue weighted by Crippen LogP contribution is -2.32. The molecule has 0 aliphatic heterocycles. The molecule has 0 spiro atoms. The second-order valence-electron chi connectivity index (χ2n) is 6.59. The van der Waals surface area contributed by atoms with Crippen LogP contribution < -0.4 is 5.32 Å². The van der Waals surface area contributed by atoms with Crippen LogP contribution in [0.3, 0.4) is 0 Å². The summed E-state index contributed by atoms with van der Waals surface area (Å²) in [5.41, 5.74) is 4.79. The first-order chi connectivity index (χ1) is 13.1. The molecule has 1 heterocycles. The summed E-state index contributed by atoms with van der Waals surface area (Å²) >= 11 is 1.48. The molecule has 140 valence electrons. The zero-order valence-electron chi connectivity index (χ0n) is 16.0. The number of nitrogens with one attached hydrogen (secondary N) is 1. The van der Waals surface area contributed by atoms with Crippen LogP contribution in [-0.4, -0.2) is 27.3 Å². The van der Waals surface area contributed by atoms with E-state index in [4.69, 9.17) is 0 Å². The number of rotatable bonds is 7. The van der Waals surface area contributed by atoms with Crippen molar-refractivity contribution in [1.29, 1.82) is 0 Å². The average molecular weight is 380 g/mol. The lowest BCUT2D eigenvalue weighted by atomic mass is 10.1. The Morgan fingerprint density at radius 3 is 2.70 bits per heavy atom. The Morgan fingerprint density at radius 2 is 1.93 bits per heavy atom. The number of aryl methyl sites for hydroxylation is 1. The number of hydrogen-bond donors (Lipinski definition) is 1. The van der Waals surface area contributed by atoms with Crippen molar-refractivity contribution < 1.29 is 4.79 Å². The second-order valence-corrected chi connectivity index (χ2v) is 7.89. The monoisotopic (exact) mass is 379 g/mol. The lowest BCUT2D eigenvalue weighted by Gasteiger charge is -2.15. The fourth-order valence-electron chi connectivity index (χ4n) is 2.89. The van der Waals surface area contributed by atoms with Crippen LogP contribution in [0.4, 0.5) is 0 Å². The number of carbonyl (C=O) groups excluding carboxylic acids is 1. The highest BCUT2D eigenvalue weighted by Gasteiger charge is 2.18. The van der Waals surface area contributed by atoms with E-state index in [2.05, 4.69) is 53.0 Å². The first-order valence-corrected chi connectivity index (χ1v) is 10.0. The van der Waals surface area contributed by atoms with Crippen LogP contribution in [0.5, 0.6) is 0 Å². The highest BCUT2D eigenvalue weighted by Crippen LogP contribution is 2.27. The smallest absolute Gasteiger partial charge is 0.233 e. The minimum Gasteiger partial charge on any atom is -0.355 e. The number of thioether (sulfide) groups is 1. The topological polar surface area (TPSA) is 46.9 Å². The van der Waals surface area contributed by atoms with Crippen molar-refractivity contribution in [3.63, 3.8) is 0 Å². The molecule has 1 unspecified atom stereocenters. The Morgan fingerprint density at radius 1 is 1.15 bits per heavy atom. The number of hydrogen-bond acceptors (Lipinski definition) is 3. The minimum atomic E-state index is -0.216. The van der Waals surface area contributed by atoms with E-state index in [1.54, 1.807) is 6.20 Å². The predicted octanol–water partition coefficient (Wildman–Crippen LogP) is 4.33. The molecule has 3 rings (SSSR count). The van der Waals surface area contributed by atoms with Crippen molar-refractivity contribution >= 4 is 17.7 Å². The molecule has 0 aliphatic rings. The highest BCUT2D eigenvalue weighted by atomic mass is 32.2. The van der Waals surface area contributed by atoms with Gasteiger partial charge in [-0.3, -0.25) is 9.36 Å². The van der Waals surface area contributed by atoms with Gasteiger partial charge in [-0.05, 0) is 49.9 Å². The van der Waals surface area contributed by atoms with Gasteiger partial charge >= 0.3 is 0 Å². The third kappa shape index (κ3) is 4.80. The molecule has 27 heavy (non-hydrogen) atoms. The molecule has 0 saturated carbocycles. The van der Waals surface area contributed by atoms with E-state index in [9.17, 15) is 4.79 Å². The summed E-state index contributed by atoms with van der Waals surface area (Å²) in [6.45, 7) is 6.77. The molecule has 4 nitrogen and oxygen atoms in total. The maximum Gasteiger partial charge on any atom is 0.233 e. The van der Waals surface area contributed by atoms with Crippen molar-refractivity contribution in [3.8, 4) is 5.69 Å². The van der Waals surface area contributed by atoms with Crippen LogP contribution in [-0.2, 0) is 11.2 Å². The molecule has 2 aromatic carbocycles. The summed E-state index contributed by atoms with van der Waals surface area (Å²) in [6.07, 6.45) is 4.56. The maximum atomic E-state index is 12.5. The highest BCUT2D eigenvalue weighted by molar-refractivity contribution is 8.00. The summed E-state index contributed by atoms with van der Waals surface area (Å²) < 4.78 is 2.06. The van der Waals surface area contributed by atoms with Gasteiger partial charge in [-0.1, -0.05) is 54.2 Å². The van der Waals surface area contributed by atoms with Crippen LogP contribution in [0.2, 0.25) is 0 Å². The zero-order chi connectivity index (χ0) is 19.2. The third-order valence-electron chi connectivity index (χ3n) is 4.65. The molecule has 0 aliphatic carbocycles. The van der Waals surface area contributed by atoms with Crippen molar-refractivity contribution in [3.05, 3.63) is 77.6 Å². The van der Waals surface area contributed by atoms with Gasteiger partial charge in [-0.2, -0.15) is 0 Å². The summed E-state index contributed by atoms with van der Waals surface area (Å²) in [5, 5.41) is 3.64. The Labute approximate surface area is 165 Å². The van der Waals surface area contributed by atoms with Gasteiger partial charge < -0.3 is 5.32 Å². The van der Waals surface area contributed by atoms with Gasteiger partial charge in [-0.25, -0.2) is 4.98 Å². The Balaban J connectivity index is 1.61. The molecule has 1 amide bonds. The average Bonchev–Trinajstić information content (AvgIpc) is 3.12. The molecular formula is C22H25N3OS. The van der Waals surface area contributed by atoms with Crippen LogP contribution in [0, 0.1) is 13.8 Å². The Kier molecular flexibility index (Phi) is 6.35. The van der Waals surface area contributed by atoms with Gasteiger partial charge in [0.15, 0.2) is 5.16 Å². The van der Waals surface area contributed by atoms with E-state index >= 15 is 0 Å². The number of aromatic nitrogens is 2. The number of carbonyl (C=O) groups is 1. The quantitative estimate of drug-likeness (QED) is 0.622. The molecule has 1 aromatic heterocycles. The SMILES string of the molecule is Cc1cccc(-n2ccnc2SC(C)C(=O)NCCc2ccccc2)c1C. The number of nitrogens with zero attached hydrogens (tertiary/aromatic N) is 2. The van der Waals surface area contributed by atoms with E-state index in [1.807, 2.05) is 37.4 Å². The third-order valence-corrected chi connectivity index (χ3v) is 5.73. The summed E-state index contributed by atoms with van der Waals surface area (Å²) in [4.78, 5) is 16.9. The number of amides is 1. The van der Waals surface area contributed by atoms with Crippen LogP contribution in [0.1, 0.15) is 23.6 Å². The van der Waals surface area contributed by atoms with Crippen molar-refractivity contribution in [2.75, 3.05) is 6.54 Å². The molecular weight excluding hydrogens is 354 g/mol. The summed E-state index contributed by atoms with van der Waals surface area (Å²) in [7, 11) is 0. The van der Waals surface area contributed by atoms with E-state index in [0.29, 0.717) is 6.54 Å². The lowest BCUT2D eigenvalue weighted by molar-refractivity contribution is -0.120. The second kappa shape index (κ2) is 8.91. The van der Waals surface area contributed by atoms with Crippen molar-refractivity contribution in [2.45, 2.75) is 37.6 Å². The summed E-state index contributed by atoms with van der Waals surface area (Å²) in [6, 6.07) is 16.4. The van der Waals surface area contributed by atoms with Crippen molar-refractivity contribution in [2.24, 2.45) is 0 Å². The maximum absolute atomic E-state index is 12.5. The van der Waals surface area contributed by atoms with Crippen LogP contribution in [0.15, 0.2) is 66.1 Å². The van der Waals surface area contributed by atoms with Crippen LogP contribution in [0.25, 0.3) is 5.69 Å².